The monoisotopic (exact) mass is 183 g/mol. The smallest absolute Gasteiger partial charge is 0.222 e. The van der Waals surface area contributed by atoms with E-state index in [4.69, 9.17) is 4.74 Å². The van der Waals surface area contributed by atoms with Crippen LogP contribution >= 0.6 is 0 Å². The number of ether oxygens (including phenoxy) is 1. The van der Waals surface area contributed by atoms with Gasteiger partial charge in [-0.25, -0.2) is 0 Å². The lowest BCUT2D eigenvalue weighted by Crippen LogP contribution is -2.36. The molecule has 2 rings (SSSR count). The molecule has 1 unspecified atom stereocenters. The number of epoxide rings is 1. The number of hydrogen-bond acceptors (Lipinski definition) is 2. The number of carbonyl (C=O) groups excluding carboxylic acids is 1. The molecule has 3 nitrogen and oxygen atoms in total. The summed E-state index contributed by atoms with van der Waals surface area (Å²) in [4.78, 5) is 11.4. The summed E-state index contributed by atoms with van der Waals surface area (Å²) in [7, 11) is 0. The van der Waals surface area contributed by atoms with E-state index in [9.17, 15) is 4.79 Å². The average Bonchev–Trinajstić information content (AvgIpc) is 2.90. The summed E-state index contributed by atoms with van der Waals surface area (Å²) < 4.78 is 5.01. The number of amides is 1. The molecule has 0 aromatic rings. The molecule has 0 spiro atoms. The van der Waals surface area contributed by atoms with Gasteiger partial charge in [-0.15, -0.1) is 0 Å². The Hall–Kier alpha value is -0.570. The maximum Gasteiger partial charge on any atom is 0.222 e. The number of carbonyl (C=O) groups is 1. The Morgan fingerprint density at radius 2 is 2.00 bits per heavy atom. The number of nitrogens with one attached hydrogen (secondary N) is 1. The van der Waals surface area contributed by atoms with Crippen LogP contribution in [0.4, 0.5) is 0 Å². The molecule has 74 valence electrons. The molecule has 13 heavy (non-hydrogen) atoms. The Morgan fingerprint density at radius 3 is 2.62 bits per heavy atom. The largest absolute Gasteiger partial charge is 0.373 e. The van der Waals surface area contributed by atoms with Gasteiger partial charge in [0.2, 0.25) is 5.91 Å². The van der Waals surface area contributed by atoms with Crippen molar-refractivity contribution in [1.29, 1.82) is 0 Å². The minimum atomic E-state index is 0.175. The topological polar surface area (TPSA) is 41.6 Å². The molecular formula is C10H17NO2. The van der Waals surface area contributed by atoms with Gasteiger partial charge in [0.1, 0.15) is 0 Å². The van der Waals surface area contributed by atoms with Crippen molar-refractivity contribution in [2.75, 3.05) is 6.61 Å². The van der Waals surface area contributed by atoms with E-state index in [1.807, 2.05) is 0 Å². The zero-order valence-corrected chi connectivity index (χ0v) is 7.92. The third kappa shape index (κ3) is 2.99. The van der Waals surface area contributed by atoms with E-state index >= 15 is 0 Å². The van der Waals surface area contributed by atoms with Crippen molar-refractivity contribution in [3.05, 3.63) is 0 Å². The molecule has 0 aromatic heterocycles. The highest BCUT2D eigenvalue weighted by Crippen LogP contribution is 2.18. The van der Waals surface area contributed by atoms with Crippen LogP contribution in [0, 0.1) is 0 Å². The molecule has 1 heterocycles. The van der Waals surface area contributed by atoms with Gasteiger partial charge < -0.3 is 10.1 Å². The first-order chi connectivity index (χ1) is 6.34. The Balaban J connectivity index is 1.66. The predicted octanol–water partition coefficient (Wildman–Crippen LogP) is 1.22. The van der Waals surface area contributed by atoms with Crippen molar-refractivity contribution < 1.29 is 9.53 Å². The van der Waals surface area contributed by atoms with Crippen molar-refractivity contribution in [3.8, 4) is 0 Å². The fourth-order valence-electron chi connectivity index (χ4n) is 1.93. The van der Waals surface area contributed by atoms with E-state index in [2.05, 4.69) is 5.32 Å². The van der Waals surface area contributed by atoms with Crippen molar-refractivity contribution >= 4 is 5.91 Å². The van der Waals surface area contributed by atoms with Gasteiger partial charge in [0, 0.05) is 6.04 Å². The summed E-state index contributed by atoms with van der Waals surface area (Å²) in [5, 5.41) is 3.07. The summed E-state index contributed by atoms with van der Waals surface area (Å²) in [6, 6.07) is 0.444. The lowest BCUT2D eigenvalue weighted by atomic mass is 9.95. The molecule has 2 fully saturated rings. The fourth-order valence-corrected chi connectivity index (χ4v) is 1.93. The summed E-state index contributed by atoms with van der Waals surface area (Å²) in [5.41, 5.74) is 0. The minimum Gasteiger partial charge on any atom is -0.373 e. The van der Waals surface area contributed by atoms with Crippen molar-refractivity contribution in [3.63, 3.8) is 0 Å². The zero-order chi connectivity index (χ0) is 9.10. The highest BCUT2D eigenvalue weighted by Gasteiger charge is 2.26. The first kappa shape index (κ1) is 9.00. The van der Waals surface area contributed by atoms with E-state index in [1.165, 1.54) is 19.3 Å². The van der Waals surface area contributed by atoms with Gasteiger partial charge >= 0.3 is 0 Å². The second kappa shape index (κ2) is 4.09. The molecule has 0 radical (unpaired) electrons. The summed E-state index contributed by atoms with van der Waals surface area (Å²) >= 11 is 0. The molecule has 1 aliphatic carbocycles. The molecule has 1 N–H and O–H groups in total. The Kier molecular flexibility index (Phi) is 2.83. The van der Waals surface area contributed by atoms with E-state index in [-0.39, 0.29) is 12.0 Å². The summed E-state index contributed by atoms with van der Waals surface area (Å²) in [5.74, 6) is 0.175. The predicted molar refractivity (Wildman–Crippen MR) is 49.4 cm³/mol. The van der Waals surface area contributed by atoms with Gasteiger partial charge in [0.15, 0.2) is 0 Å². The van der Waals surface area contributed by atoms with E-state index < -0.39 is 0 Å². The Labute approximate surface area is 78.8 Å². The van der Waals surface area contributed by atoms with Gasteiger partial charge in [0.25, 0.3) is 0 Å². The molecule has 1 atom stereocenters. The molecule has 1 amide bonds. The molecule has 1 saturated carbocycles. The van der Waals surface area contributed by atoms with Crippen LogP contribution in [0.2, 0.25) is 0 Å². The van der Waals surface area contributed by atoms with Gasteiger partial charge in [-0.05, 0) is 12.8 Å². The molecule has 2 aliphatic rings. The van der Waals surface area contributed by atoms with Crippen LogP contribution in [0.25, 0.3) is 0 Å². The second-order valence-electron chi connectivity index (χ2n) is 4.06. The molecule has 0 aromatic carbocycles. The van der Waals surface area contributed by atoms with E-state index in [0.717, 1.165) is 19.4 Å². The molecule has 3 heteroatoms. The lowest BCUT2D eigenvalue weighted by Gasteiger charge is -2.22. The van der Waals surface area contributed by atoms with Crippen LogP contribution in [0.1, 0.15) is 38.5 Å². The van der Waals surface area contributed by atoms with Crippen molar-refractivity contribution in [1.82, 2.24) is 5.32 Å². The second-order valence-corrected chi connectivity index (χ2v) is 4.06. The van der Waals surface area contributed by atoms with Crippen molar-refractivity contribution in [2.45, 2.75) is 50.7 Å². The first-order valence-electron chi connectivity index (χ1n) is 5.25. The minimum absolute atomic E-state index is 0.175. The summed E-state index contributed by atoms with van der Waals surface area (Å²) in [6.45, 7) is 0.776. The maximum atomic E-state index is 11.4. The summed E-state index contributed by atoms with van der Waals surface area (Å²) in [6.07, 6.45) is 6.99. The van der Waals surface area contributed by atoms with Crippen LogP contribution in [0.15, 0.2) is 0 Å². The van der Waals surface area contributed by atoms with Crippen LogP contribution in [0.5, 0.6) is 0 Å². The van der Waals surface area contributed by atoms with Crippen LogP contribution in [-0.2, 0) is 9.53 Å². The molecular weight excluding hydrogens is 166 g/mol. The highest BCUT2D eigenvalue weighted by atomic mass is 16.6. The first-order valence-corrected chi connectivity index (χ1v) is 5.25. The van der Waals surface area contributed by atoms with Crippen LogP contribution in [0.3, 0.4) is 0 Å². The third-order valence-electron chi connectivity index (χ3n) is 2.79. The fraction of sp³-hybridized carbons (Fsp3) is 0.900. The maximum absolute atomic E-state index is 11.4. The Bertz CT molecular complexity index is 183. The van der Waals surface area contributed by atoms with Gasteiger partial charge in [0.05, 0.1) is 19.1 Å². The quantitative estimate of drug-likeness (QED) is 0.668. The zero-order valence-electron chi connectivity index (χ0n) is 7.92. The molecule has 0 bridgehead atoms. The standard InChI is InChI=1S/C10H17NO2/c12-10(6-9-7-13-9)11-8-4-2-1-3-5-8/h8-9H,1-7H2,(H,11,12). The van der Waals surface area contributed by atoms with Gasteiger partial charge in [-0.2, -0.15) is 0 Å². The Morgan fingerprint density at radius 1 is 1.31 bits per heavy atom. The van der Waals surface area contributed by atoms with Crippen LogP contribution < -0.4 is 5.32 Å². The average molecular weight is 183 g/mol. The number of rotatable bonds is 3. The lowest BCUT2D eigenvalue weighted by molar-refractivity contribution is -0.122. The van der Waals surface area contributed by atoms with Crippen LogP contribution in [-0.4, -0.2) is 24.7 Å². The van der Waals surface area contributed by atoms with E-state index in [0.29, 0.717) is 12.5 Å². The number of hydrogen-bond donors (Lipinski definition) is 1. The highest BCUT2D eigenvalue weighted by molar-refractivity contribution is 5.77. The SMILES string of the molecule is O=C(CC1CO1)NC1CCCCC1. The van der Waals surface area contributed by atoms with E-state index in [1.54, 1.807) is 0 Å². The third-order valence-corrected chi connectivity index (χ3v) is 2.79. The molecule has 1 aliphatic heterocycles. The van der Waals surface area contributed by atoms with Crippen molar-refractivity contribution in [2.24, 2.45) is 0 Å². The van der Waals surface area contributed by atoms with Gasteiger partial charge in [-0.3, -0.25) is 4.79 Å². The van der Waals surface area contributed by atoms with Gasteiger partial charge in [-0.1, -0.05) is 19.3 Å². The molecule has 1 saturated heterocycles. The normalized spacial score (nSPS) is 28.5.